The van der Waals surface area contributed by atoms with Gasteiger partial charge in [0.2, 0.25) is 11.8 Å². The molecule has 1 heterocycles. The summed E-state index contributed by atoms with van der Waals surface area (Å²) in [6.07, 6.45) is 2.40. The third-order valence-electron chi connectivity index (χ3n) is 4.68. The van der Waals surface area contributed by atoms with E-state index in [1.54, 1.807) is 12.0 Å². The number of carbonyl (C=O) groups excluding carboxylic acids is 2. The van der Waals surface area contributed by atoms with Gasteiger partial charge in [-0.05, 0) is 18.4 Å². The molecule has 138 valence electrons. The molecular weight excluding hydrogens is 318 g/mol. The van der Waals surface area contributed by atoms with Gasteiger partial charge >= 0.3 is 0 Å². The van der Waals surface area contributed by atoms with Crippen LogP contribution in [-0.4, -0.2) is 67.6 Å². The van der Waals surface area contributed by atoms with Crippen LogP contribution in [0.4, 0.5) is 0 Å². The molecule has 2 amide bonds. The van der Waals surface area contributed by atoms with Crippen LogP contribution in [-0.2, 0) is 20.7 Å². The number of amides is 2. The minimum absolute atomic E-state index is 0.0495. The Balaban J connectivity index is 1.68. The molecule has 0 spiro atoms. The number of nitrogens with two attached hydrogens (primary N) is 1. The number of hydrogen-bond acceptors (Lipinski definition) is 4. The Labute approximate surface area is 149 Å². The van der Waals surface area contributed by atoms with Crippen LogP contribution in [0.5, 0.6) is 0 Å². The zero-order chi connectivity index (χ0) is 18.1. The first-order valence-electron chi connectivity index (χ1n) is 8.96. The second kappa shape index (κ2) is 10.2. The minimum Gasteiger partial charge on any atom is -0.380 e. The van der Waals surface area contributed by atoms with Crippen molar-refractivity contribution in [1.29, 1.82) is 0 Å². The lowest BCUT2D eigenvalue weighted by atomic mass is 10.1. The molecule has 0 bridgehead atoms. The molecule has 0 radical (unpaired) electrons. The maximum Gasteiger partial charge on any atom is 0.225 e. The highest BCUT2D eigenvalue weighted by Gasteiger charge is 2.25. The van der Waals surface area contributed by atoms with Crippen molar-refractivity contribution in [3.8, 4) is 0 Å². The second-order valence-corrected chi connectivity index (χ2v) is 6.40. The van der Waals surface area contributed by atoms with Crippen LogP contribution in [0.15, 0.2) is 30.3 Å². The van der Waals surface area contributed by atoms with Crippen molar-refractivity contribution in [2.24, 2.45) is 5.73 Å². The van der Waals surface area contributed by atoms with E-state index < -0.39 is 0 Å². The predicted molar refractivity (Wildman–Crippen MR) is 97.0 cm³/mol. The SMILES string of the molecule is COC(CN)CC(=O)N1CCN(C(=O)CCCc2ccccc2)CC1. The fourth-order valence-corrected chi connectivity index (χ4v) is 3.04. The number of aryl methyl sites for hydroxylation is 1. The van der Waals surface area contributed by atoms with Gasteiger partial charge in [-0.25, -0.2) is 0 Å². The van der Waals surface area contributed by atoms with Gasteiger partial charge < -0.3 is 20.3 Å². The molecule has 1 aliphatic rings. The van der Waals surface area contributed by atoms with E-state index in [4.69, 9.17) is 10.5 Å². The van der Waals surface area contributed by atoms with Crippen molar-refractivity contribution in [3.05, 3.63) is 35.9 Å². The van der Waals surface area contributed by atoms with E-state index in [-0.39, 0.29) is 17.9 Å². The Hall–Kier alpha value is -1.92. The number of carbonyl (C=O) groups is 2. The highest BCUT2D eigenvalue weighted by Crippen LogP contribution is 2.10. The van der Waals surface area contributed by atoms with E-state index in [1.165, 1.54) is 5.56 Å². The predicted octanol–water partition coefficient (Wildman–Crippen LogP) is 1.04. The standard InChI is InChI=1S/C19H29N3O3/c1-25-17(15-20)14-19(24)22-12-10-21(11-13-22)18(23)9-5-8-16-6-3-2-4-7-16/h2-4,6-7,17H,5,8-15,20H2,1H3. The van der Waals surface area contributed by atoms with Gasteiger partial charge in [0.25, 0.3) is 0 Å². The first kappa shape index (κ1) is 19.4. The van der Waals surface area contributed by atoms with Gasteiger partial charge in [-0.3, -0.25) is 9.59 Å². The van der Waals surface area contributed by atoms with E-state index in [0.29, 0.717) is 45.6 Å². The maximum absolute atomic E-state index is 12.3. The van der Waals surface area contributed by atoms with Crippen LogP contribution < -0.4 is 5.73 Å². The highest BCUT2D eigenvalue weighted by atomic mass is 16.5. The number of methoxy groups -OCH3 is 1. The number of piperazine rings is 1. The van der Waals surface area contributed by atoms with Crippen LogP contribution in [0.3, 0.4) is 0 Å². The van der Waals surface area contributed by atoms with Crippen molar-refractivity contribution < 1.29 is 14.3 Å². The molecule has 1 fully saturated rings. The Morgan fingerprint density at radius 1 is 1.08 bits per heavy atom. The minimum atomic E-state index is -0.231. The summed E-state index contributed by atoms with van der Waals surface area (Å²) in [6.45, 7) is 2.73. The zero-order valence-corrected chi connectivity index (χ0v) is 15.0. The maximum atomic E-state index is 12.3. The molecule has 1 saturated heterocycles. The number of rotatable bonds is 8. The molecule has 1 aromatic rings. The quantitative estimate of drug-likeness (QED) is 0.762. The number of ether oxygens (including phenoxy) is 1. The van der Waals surface area contributed by atoms with Crippen molar-refractivity contribution in [2.75, 3.05) is 39.8 Å². The topological polar surface area (TPSA) is 75.9 Å². The summed E-state index contributed by atoms with van der Waals surface area (Å²) in [7, 11) is 1.57. The van der Waals surface area contributed by atoms with Gasteiger partial charge in [-0.2, -0.15) is 0 Å². The number of benzene rings is 1. The van der Waals surface area contributed by atoms with Crippen molar-refractivity contribution in [2.45, 2.75) is 31.8 Å². The summed E-state index contributed by atoms with van der Waals surface area (Å²) >= 11 is 0. The summed E-state index contributed by atoms with van der Waals surface area (Å²) in [4.78, 5) is 28.2. The van der Waals surface area contributed by atoms with Gasteiger partial charge in [0, 0.05) is 46.3 Å². The Kier molecular flexibility index (Phi) is 7.88. The smallest absolute Gasteiger partial charge is 0.225 e. The second-order valence-electron chi connectivity index (χ2n) is 6.40. The first-order valence-corrected chi connectivity index (χ1v) is 8.96. The third-order valence-corrected chi connectivity index (χ3v) is 4.68. The van der Waals surface area contributed by atoms with E-state index in [2.05, 4.69) is 12.1 Å². The van der Waals surface area contributed by atoms with Gasteiger partial charge in [-0.1, -0.05) is 30.3 Å². The van der Waals surface area contributed by atoms with Crippen LogP contribution in [0.1, 0.15) is 24.8 Å². The van der Waals surface area contributed by atoms with Crippen molar-refractivity contribution >= 4 is 11.8 Å². The lowest BCUT2D eigenvalue weighted by Gasteiger charge is -2.35. The summed E-state index contributed by atoms with van der Waals surface area (Å²) in [6, 6.07) is 10.2. The van der Waals surface area contributed by atoms with E-state index in [9.17, 15) is 9.59 Å². The largest absolute Gasteiger partial charge is 0.380 e. The molecular formula is C19H29N3O3. The van der Waals surface area contributed by atoms with Gasteiger partial charge in [0.1, 0.15) is 0 Å². The molecule has 2 N–H and O–H groups in total. The van der Waals surface area contributed by atoms with Crippen LogP contribution in [0.25, 0.3) is 0 Å². The lowest BCUT2D eigenvalue weighted by molar-refractivity contribution is -0.141. The van der Waals surface area contributed by atoms with Crippen LogP contribution >= 0.6 is 0 Å². The molecule has 6 nitrogen and oxygen atoms in total. The molecule has 2 rings (SSSR count). The highest BCUT2D eigenvalue weighted by molar-refractivity contribution is 5.78. The molecule has 0 aliphatic carbocycles. The van der Waals surface area contributed by atoms with Crippen LogP contribution in [0, 0.1) is 0 Å². The molecule has 1 atom stereocenters. The van der Waals surface area contributed by atoms with Gasteiger partial charge in [0.15, 0.2) is 0 Å². The lowest BCUT2D eigenvalue weighted by Crippen LogP contribution is -2.51. The Morgan fingerprint density at radius 2 is 1.68 bits per heavy atom. The average Bonchev–Trinajstić information content (AvgIpc) is 2.66. The van der Waals surface area contributed by atoms with E-state index in [1.807, 2.05) is 23.1 Å². The normalized spacial score (nSPS) is 15.9. The molecule has 1 unspecified atom stereocenters. The molecule has 6 heteroatoms. The molecule has 25 heavy (non-hydrogen) atoms. The zero-order valence-electron chi connectivity index (χ0n) is 15.0. The Bertz CT molecular complexity index is 538. The van der Waals surface area contributed by atoms with E-state index in [0.717, 1.165) is 12.8 Å². The van der Waals surface area contributed by atoms with Crippen molar-refractivity contribution in [1.82, 2.24) is 9.80 Å². The molecule has 1 aliphatic heterocycles. The number of nitrogens with zero attached hydrogens (tertiary/aromatic N) is 2. The fourth-order valence-electron chi connectivity index (χ4n) is 3.04. The third kappa shape index (κ3) is 6.14. The fraction of sp³-hybridized carbons (Fsp3) is 0.579. The summed E-state index contributed by atoms with van der Waals surface area (Å²) in [5.74, 6) is 0.230. The first-order chi connectivity index (χ1) is 12.1. The molecule has 0 saturated carbocycles. The summed E-state index contributed by atoms with van der Waals surface area (Å²) in [5.41, 5.74) is 6.83. The summed E-state index contributed by atoms with van der Waals surface area (Å²) in [5, 5.41) is 0. The van der Waals surface area contributed by atoms with Crippen molar-refractivity contribution in [3.63, 3.8) is 0 Å². The monoisotopic (exact) mass is 347 g/mol. The molecule has 0 aromatic heterocycles. The van der Waals surface area contributed by atoms with Gasteiger partial charge in [0.05, 0.1) is 12.5 Å². The Morgan fingerprint density at radius 3 is 2.24 bits per heavy atom. The van der Waals surface area contributed by atoms with Gasteiger partial charge in [-0.15, -0.1) is 0 Å². The molecule has 1 aromatic carbocycles. The summed E-state index contributed by atoms with van der Waals surface area (Å²) < 4.78 is 5.16. The average molecular weight is 347 g/mol. The number of hydrogen-bond donors (Lipinski definition) is 1. The van der Waals surface area contributed by atoms with E-state index >= 15 is 0 Å². The van der Waals surface area contributed by atoms with Crippen LogP contribution in [0.2, 0.25) is 0 Å².